The van der Waals surface area contributed by atoms with Gasteiger partial charge in [0.15, 0.2) is 0 Å². The summed E-state index contributed by atoms with van der Waals surface area (Å²) < 4.78 is 25.8. The van der Waals surface area contributed by atoms with Crippen LogP contribution in [0.2, 0.25) is 0 Å². The number of rotatable bonds is 6. The molecule has 0 saturated carbocycles. The number of anilines is 1. The number of hydrogen-bond acceptors (Lipinski definition) is 2. The molecule has 0 saturated heterocycles. The Morgan fingerprint density at radius 1 is 1.25 bits per heavy atom. The number of benzene rings is 1. The molecule has 3 N–H and O–H groups in total. The van der Waals surface area contributed by atoms with Gasteiger partial charge in [0.2, 0.25) is 0 Å². The van der Waals surface area contributed by atoms with Gasteiger partial charge in [-0.1, -0.05) is 6.92 Å². The van der Waals surface area contributed by atoms with Crippen LogP contribution in [0.1, 0.15) is 19.8 Å². The quantitative estimate of drug-likeness (QED) is 0.703. The first kappa shape index (κ1) is 15.9. The third-order valence-electron chi connectivity index (χ3n) is 2.64. The summed E-state index contributed by atoms with van der Waals surface area (Å²) in [5, 5.41) is 13.4. The fourth-order valence-electron chi connectivity index (χ4n) is 1.53. The van der Waals surface area contributed by atoms with E-state index in [1.165, 1.54) is 0 Å². The molecule has 0 aliphatic carbocycles. The summed E-state index contributed by atoms with van der Waals surface area (Å²) in [7, 11) is 0. The Morgan fingerprint density at radius 2 is 1.85 bits per heavy atom. The molecule has 0 spiro atoms. The second-order valence-corrected chi connectivity index (χ2v) is 4.42. The lowest BCUT2D eigenvalue weighted by Gasteiger charge is -2.09. The fourth-order valence-corrected chi connectivity index (χ4v) is 1.53. The molecular weight excluding hydrogens is 270 g/mol. The van der Waals surface area contributed by atoms with Crippen molar-refractivity contribution in [1.82, 2.24) is 5.32 Å². The molecule has 0 aliphatic heterocycles. The van der Waals surface area contributed by atoms with Gasteiger partial charge >= 0.3 is 12.0 Å². The van der Waals surface area contributed by atoms with Gasteiger partial charge < -0.3 is 15.7 Å². The molecule has 5 nitrogen and oxygen atoms in total. The molecule has 1 rings (SSSR count). The lowest BCUT2D eigenvalue weighted by Crippen LogP contribution is -2.30. The predicted octanol–water partition coefficient (Wildman–Crippen LogP) is 2.59. The van der Waals surface area contributed by atoms with E-state index >= 15 is 0 Å². The normalized spacial score (nSPS) is 11.8. The molecule has 0 aromatic heterocycles. The Morgan fingerprint density at radius 3 is 2.40 bits per heavy atom. The largest absolute Gasteiger partial charge is 0.481 e. The van der Waals surface area contributed by atoms with Crippen molar-refractivity contribution >= 4 is 17.7 Å². The second-order valence-electron chi connectivity index (χ2n) is 4.42. The van der Waals surface area contributed by atoms with Crippen molar-refractivity contribution in [2.24, 2.45) is 5.92 Å². The Labute approximate surface area is 115 Å². The van der Waals surface area contributed by atoms with Crippen molar-refractivity contribution < 1.29 is 23.5 Å². The Balaban J connectivity index is 2.32. The van der Waals surface area contributed by atoms with E-state index in [0.717, 1.165) is 12.1 Å². The van der Waals surface area contributed by atoms with Crippen LogP contribution >= 0.6 is 0 Å². The highest BCUT2D eigenvalue weighted by Gasteiger charge is 2.10. The molecular formula is C13H16F2N2O3. The number of carboxylic acid groups (broad SMARTS) is 1. The molecule has 2 amide bonds. The van der Waals surface area contributed by atoms with E-state index < -0.39 is 29.6 Å². The molecule has 1 unspecified atom stereocenters. The first-order valence-electron chi connectivity index (χ1n) is 6.12. The summed E-state index contributed by atoms with van der Waals surface area (Å²) in [5.74, 6) is -2.92. The van der Waals surface area contributed by atoms with Gasteiger partial charge in [0.05, 0.1) is 5.92 Å². The summed E-state index contributed by atoms with van der Waals surface area (Å²) in [6.07, 6.45) is 0.933. The third kappa shape index (κ3) is 5.64. The van der Waals surface area contributed by atoms with E-state index in [-0.39, 0.29) is 12.2 Å². The Kier molecular flexibility index (Phi) is 5.89. The maximum atomic E-state index is 12.9. The standard InChI is InChI=1S/C13H16F2N2O3/c1-8(12(18)19)3-2-4-16-13(20)17-11-6-9(14)5-10(15)7-11/h5-8H,2-4H2,1H3,(H,18,19)(H2,16,17,20). The number of hydrogen-bond donors (Lipinski definition) is 3. The minimum Gasteiger partial charge on any atom is -0.481 e. The molecule has 0 bridgehead atoms. The van der Waals surface area contributed by atoms with Gasteiger partial charge in [-0.15, -0.1) is 0 Å². The fraction of sp³-hybridized carbons (Fsp3) is 0.385. The summed E-state index contributed by atoms with van der Waals surface area (Å²) in [6, 6.07) is 2.10. The van der Waals surface area contributed by atoms with Crippen molar-refractivity contribution in [2.75, 3.05) is 11.9 Å². The highest BCUT2D eigenvalue weighted by Crippen LogP contribution is 2.12. The molecule has 0 heterocycles. The van der Waals surface area contributed by atoms with Gasteiger partial charge in [0, 0.05) is 18.3 Å². The van der Waals surface area contributed by atoms with E-state index in [2.05, 4.69) is 10.6 Å². The summed E-state index contributed by atoms with van der Waals surface area (Å²) in [4.78, 5) is 22.0. The van der Waals surface area contributed by atoms with Crippen molar-refractivity contribution in [2.45, 2.75) is 19.8 Å². The van der Waals surface area contributed by atoms with Crippen LogP contribution in [-0.4, -0.2) is 23.7 Å². The average Bonchev–Trinajstić information content (AvgIpc) is 2.32. The number of carbonyl (C=O) groups is 2. The highest BCUT2D eigenvalue weighted by molar-refractivity contribution is 5.89. The maximum Gasteiger partial charge on any atom is 0.319 e. The SMILES string of the molecule is CC(CCCNC(=O)Nc1cc(F)cc(F)c1)C(=O)O. The summed E-state index contributed by atoms with van der Waals surface area (Å²) >= 11 is 0. The minimum absolute atomic E-state index is 0.0129. The minimum atomic E-state index is -0.885. The average molecular weight is 286 g/mol. The van der Waals surface area contributed by atoms with Crippen molar-refractivity contribution in [3.63, 3.8) is 0 Å². The van der Waals surface area contributed by atoms with Crippen LogP contribution in [0.3, 0.4) is 0 Å². The highest BCUT2D eigenvalue weighted by atomic mass is 19.1. The Bertz CT molecular complexity index is 474. The van der Waals surface area contributed by atoms with E-state index in [4.69, 9.17) is 5.11 Å². The monoisotopic (exact) mass is 286 g/mol. The van der Waals surface area contributed by atoms with Crippen LogP contribution in [0, 0.1) is 17.6 Å². The number of aliphatic carboxylic acids is 1. The van der Waals surface area contributed by atoms with Gasteiger partial charge in [0.25, 0.3) is 0 Å². The van der Waals surface area contributed by atoms with Gasteiger partial charge in [-0.25, -0.2) is 13.6 Å². The zero-order valence-electron chi connectivity index (χ0n) is 11.0. The van der Waals surface area contributed by atoms with E-state index in [1.807, 2.05) is 0 Å². The third-order valence-corrected chi connectivity index (χ3v) is 2.64. The number of halogens is 2. The smallest absolute Gasteiger partial charge is 0.319 e. The maximum absolute atomic E-state index is 12.9. The van der Waals surface area contributed by atoms with Crippen LogP contribution < -0.4 is 10.6 Å². The molecule has 0 fully saturated rings. The zero-order chi connectivity index (χ0) is 15.1. The van der Waals surface area contributed by atoms with Crippen LogP contribution in [0.4, 0.5) is 19.3 Å². The van der Waals surface area contributed by atoms with Crippen molar-refractivity contribution in [1.29, 1.82) is 0 Å². The summed E-state index contributed by atoms with van der Waals surface area (Å²) in [6.45, 7) is 1.86. The van der Waals surface area contributed by atoms with Gasteiger partial charge in [-0.05, 0) is 25.0 Å². The predicted molar refractivity (Wildman–Crippen MR) is 69.4 cm³/mol. The van der Waals surface area contributed by atoms with Crippen LogP contribution in [0.25, 0.3) is 0 Å². The van der Waals surface area contributed by atoms with Gasteiger partial charge in [-0.3, -0.25) is 4.79 Å². The topological polar surface area (TPSA) is 78.4 Å². The number of amides is 2. The molecule has 7 heteroatoms. The van der Waals surface area contributed by atoms with E-state index in [9.17, 15) is 18.4 Å². The van der Waals surface area contributed by atoms with Crippen LogP contribution in [0.15, 0.2) is 18.2 Å². The molecule has 1 aromatic carbocycles. The lowest BCUT2D eigenvalue weighted by atomic mass is 10.1. The molecule has 110 valence electrons. The second kappa shape index (κ2) is 7.42. The lowest BCUT2D eigenvalue weighted by molar-refractivity contribution is -0.141. The molecule has 0 radical (unpaired) electrons. The molecule has 0 aliphatic rings. The van der Waals surface area contributed by atoms with Crippen LogP contribution in [0.5, 0.6) is 0 Å². The Hall–Kier alpha value is -2.18. The summed E-state index contributed by atoms with van der Waals surface area (Å²) in [5.41, 5.74) is 0.0129. The van der Waals surface area contributed by atoms with Gasteiger partial charge in [-0.2, -0.15) is 0 Å². The van der Waals surface area contributed by atoms with E-state index in [0.29, 0.717) is 18.9 Å². The van der Waals surface area contributed by atoms with E-state index in [1.54, 1.807) is 6.92 Å². The zero-order valence-corrected chi connectivity index (χ0v) is 11.0. The van der Waals surface area contributed by atoms with Gasteiger partial charge in [0.1, 0.15) is 11.6 Å². The number of nitrogens with one attached hydrogen (secondary N) is 2. The number of carboxylic acids is 1. The molecule has 1 atom stereocenters. The number of carbonyl (C=O) groups excluding carboxylic acids is 1. The molecule has 20 heavy (non-hydrogen) atoms. The molecule has 1 aromatic rings. The first-order chi connectivity index (χ1) is 9.38. The van der Waals surface area contributed by atoms with Crippen LogP contribution in [-0.2, 0) is 4.79 Å². The first-order valence-corrected chi connectivity index (χ1v) is 6.12. The van der Waals surface area contributed by atoms with Crippen molar-refractivity contribution in [3.8, 4) is 0 Å². The van der Waals surface area contributed by atoms with Crippen molar-refractivity contribution in [3.05, 3.63) is 29.8 Å². The number of urea groups is 1.